The van der Waals surface area contributed by atoms with E-state index in [4.69, 9.17) is 9.47 Å². The van der Waals surface area contributed by atoms with Crippen molar-refractivity contribution in [1.29, 1.82) is 0 Å². The molecule has 0 bridgehead atoms. The number of ether oxygens (including phenoxy) is 2. The van der Waals surface area contributed by atoms with Crippen LogP contribution in [-0.2, 0) is 29.1 Å². The van der Waals surface area contributed by atoms with Crippen molar-refractivity contribution in [2.45, 2.75) is 19.6 Å². The molecule has 2 fully saturated rings. The predicted molar refractivity (Wildman–Crippen MR) is 139 cm³/mol. The average molecular weight is 532 g/mol. The first kappa shape index (κ1) is 27.6. The van der Waals surface area contributed by atoms with E-state index in [1.54, 1.807) is 46.2 Å². The van der Waals surface area contributed by atoms with Crippen LogP contribution in [0.15, 0.2) is 36.4 Å². The van der Waals surface area contributed by atoms with Gasteiger partial charge in [-0.1, -0.05) is 30.3 Å². The summed E-state index contributed by atoms with van der Waals surface area (Å²) in [5.74, 6) is -0.668. The van der Waals surface area contributed by atoms with Gasteiger partial charge in [-0.25, -0.2) is 18.4 Å². The molecule has 0 saturated carbocycles. The Balaban J connectivity index is 1.33. The highest BCUT2D eigenvalue weighted by molar-refractivity contribution is 5.67. The zero-order chi connectivity index (χ0) is 27.1. The van der Waals surface area contributed by atoms with Crippen molar-refractivity contribution in [3.05, 3.63) is 64.7 Å². The summed E-state index contributed by atoms with van der Waals surface area (Å²) in [5.41, 5.74) is 1.89. The minimum absolute atomic E-state index is 0.147. The Morgan fingerprint density at radius 3 is 1.66 bits per heavy atom. The number of benzene rings is 2. The first-order valence-electron chi connectivity index (χ1n) is 12.8. The monoisotopic (exact) mass is 531 g/mol. The molecule has 206 valence electrons. The average Bonchev–Trinajstić information content (AvgIpc) is 2.95. The standard InChI is InChI=1S/C27H35F2N5O4/c1-37-26(35)33-13-9-31(10-14-33)18-21-6-3-5-20(24(21)28)17-30-23-8-4-7-22(25(23)29)19-32-11-15-34(16-12-32)27(36)38-2/h3-8,30H,9-19H2,1-2H3. The molecule has 0 spiro atoms. The number of nitrogens with one attached hydrogen (secondary N) is 1. The highest BCUT2D eigenvalue weighted by Gasteiger charge is 2.24. The lowest BCUT2D eigenvalue weighted by atomic mass is 10.1. The number of methoxy groups -OCH3 is 2. The second kappa shape index (κ2) is 12.9. The van der Waals surface area contributed by atoms with Gasteiger partial charge in [-0.05, 0) is 6.07 Å². The van der Waals surface area contributed by atoms with Crippen molar-refractivity contribution in [3.8, 4) is 0 Å². The van der Waals surface area contributed by atoms with Crippen LogP contribution in [0.5, 0.6) is 0 Å². The molecule has 0 atom stereocenters. The lowest BCUT2D eigenvalue weighted by Crippen LogP contribution is -2.48. The van der Waals surface area contributed by atoms with Gasteiger partial charge < -0.3 is 24.6 Å². The Kier molecular flexibility index (Phi) is 9.35. The molecule has 11 heteroatoms. The van der Waals surface area contributed by atoms with Crippen LogP contribution in [0.1, 0.15) is 16.7 Å². The first-order valence-corrected chi connectivity index (χ1v) is 12.8. The maximum absolute atomic E-state index is 15.3. The quantitative estimate of drug-likeness (QED) is 0.587. The van der Waals surface area contributed by atoms with E-state index < -0.39 is 0 Å². The topological polar surface area (TPSA) is 77.6 Å². The summed E-state index contributed by atoms with van der Waals surface area (Å²) in [4.78, 5) is 30.8. The maximum Gasteiger partial charge on any atom is 0.409 e. The molecule has 0 aliphatic carbocycles. The second-order valence-corrected chi connectivity index (χ2v) is 9.49. The second-order valence-electron chi connectivity index (χ2n) is 9.49. The van der Waals surface area contributed by atoms with Crippen molar-refractivity contribution in [3.63, 3.8) is 0 Å². The summed E-state index contributed by atoms with van der Waals surface area (Å²) in [5, 5.41) is 3.06. The van der Waals surface area contributed by atoms with Gasteiger partial charge in [-0.15, -0.1) is 0 Å². The summed E-state index contributed by atoms with van der Waals surface area (Å²) in [6.45, 7) is 5.65. The lowest BCUT2D eigenvalue weighted by Gasteiger charge is -2.34. The van der Waals surface area contributed by atoms with Crippen molar-refractivity contribution in [2.75, 3.05) is 71.9 Å². The summed E-state index contributed by atoms with van der Waals surface area (Å²) >= 11 is 0. The van der Waals surface area contributed by atoms with E-state index in [0.29, 0.717) is 87.8 Å². The number of halogens is 2. The molecule has 2 amide bonds. The van der Waals surface area contributed by atoms with Gasteiger partial charge in [0.05, 0.1) is 19.9 Å². The fourth-order valence-corrected chi connectivity index (χ4v) is 4.84. The minimum atomic E-state index is -0.358. The number of carbonyl (C=O) groups excluding carboxylic acids is 2. The molecule has 38 heavy (non-hydrogen) atoms. The molecule has 2 aromatic carbocycles. The van der Waals surface area contributed by atoms with Crippen molar-refractivity contribution in [2.24, 2.45) is 0 Å². The van der Waals surface area contributed by atoms with Gasteiger partial charge >= 0.3 is 12.2 Å². The van der Waals surface area contributed by atoms with Crippen molar-refractivity contribution < 1.29 is 27.8 Å². The molecule has 2 aliphatic heterocycles. The van der Waals surface area contributed by atoms with Crippen LogP contribution >= 0.6 is 0 Å². The first-order chi connectivity index (χ1) is 18.4. The van der Waals surface area contributed by atoms with Crippen LogP contribution in [0, 0.1) is 11.6 Å². The summed E-state index contributed by atoms with van der Waals surface area (Å²) < 4.78 is 40.1. The van der Waals surface area contributed by atoms with E-state index in [1.165, 1.54) is 14.2 Å². The molecule has 2 saturated heterocycles. The number of hydrogen-bond donors (Lipinski definition) is 1. The molecule has 0 unspecified atom stereocenters. The number of piperazine rings is 2. The Bertz CT molecular complexity index is 1030. The fraction of sp³-hybridized carbons (Fsp3) is 0.481. The number of carbonyl (C=O) groups is 2. The van der Waals surface area contributed by atoms with E-state index in [9.17, 15) is 9.59 Å². The smallest absolute Gasteiger partial charge is 0.409 e. The lowest BCUT2D eigenvalue weighted by molar-refractivity contribution is 0.0880. The van der Waals surface area contributed by atoms with Crippen LogP contribution in [0.2, 0.25) is 0 Å². The number of nitrogens with zero attached hydrogens (tertiary/aromatic N) is 4. The normalized spacial score (nSPS) is 16.8. The third-order valence-electron chi connectivity index (χ3n) is 7.10. The van der Waals surface area contributed by atoms with Crippen LogP contribution in [0.4, 0.5) is 24.1 Å². The SMILES string of the molecule is COC(=O)N1CCN(Cc2cccc(CNc3cccc(CN4CCN(C(=O)OC)CC4)c3F)c2F)CC1. The molecule has 9 nitrogen and oxygen atoms in total. The molecule has 0 radical (unpaired) electrons. The maximum atomic E-state index is 15.3. The van der Waals surface area contributed by atoms with E-state index >= 15 is 8.78 Å². The van der Waals surface area contributed by atoms with E-state index in [0.717, 1.165) is 0 Å². The molecule has 2 aliphatic rings. The number of rotatable bonds is 7. The van der Waals surface area contributed by atoms with Gasteiger partial charge in [0.1, 0.15) is 5.82 Å². The third kappa shape index (κ3) is 6.70. The zero-order valence-electron chi connectivity index (χ0n) is 21.9. The predicted octanol–water partition coefficient (Wildman–Crippen LogP) is 3.34. The van der Waals surface area contributed by atoms with E-state index in [1.807, 2.05) is 0 Å². The molecular weight excluding hydrogens is 496 g/mol. The van der Waals surface area contributed by atoms with Gasteiger partial charge in [0.25, 0.3) is 0 Å². The molecule has 0 aromatic heterocycles. The number of anilines is 1. The van der Waals surface area contributed by atoms with Crippen LogP contribution in [-0.4, -0.2) is 98.4 Å². The fourth-order valence-electron chi connectivity index (χ4n) is 4.84. The zero-order valence-corrected chi connectivity index (χ0v) is 21.9. The number of hydrogen-bond acceptors (Lipinski definition) is 7. The van der Waals surface area contributed by atoms with Crippen molar-refractivity contribution in [1.82, 2.24) is 19.6 Å². The molecule has 2 aromatic rings. The highest BCUT2D eigenvalue weighted by Crippen LogP contribution is 2.23. The molecule has 2 heterocycles. The van der Waals surface area contributed by atoms with Crippen LogP contribution in [0.3, 0.4) is 0 Å². The van der Waals surface area contributed by atoms with E-state index in [-0.39, 0.29) is 30.4 Å². The van der Waals surface area contributed by atoms with Crippen LogP contribution < -0.4 is 5.32 Å². The molecule has 4 rings (SSSR count). The van der Waals surface area contributed by atoms with Crippen LogP contribution in [0.25, 0.3) is 0 Å². The van der Waals surface area contributed by atoms with Crippen molar-refractivity contribution >= 4 is 17.9 Å². The van der Waals surface area contributed by atoms with Gasteiger partial charge in [0.15, 0.2) is 5.82 Å². The summed E-state index contributed by atoms with van der Waals surface area (Å²) in [6.07, 6.45) is -0.694. The Hall–Kier alpha value is -3.44. The van der Waals surface area contributed by atoms with Gasteiger partial charge in [0.2, 0.25) is 0 Å². The Morgan fingerprint density at radius 1 is 0.711 bits per heavy atom. The van der Waals surface area contributed by atoms with Gasteiger partial charge in [-0.3, -0.25) is 9.80 Å². The third-order valence-corrected chi connectivity index (χ3v) is 7.10. The Morgan fingerprint density at radius 2 is 1.16 bits per heavy atom. The molecule has 1 N–H and O–H groups in total. The minimum Gasteiger partial charge on any atom is -0.453 e. The van der Waals surface area contributed by atoms with Gasteiger partial charge in [-0.2, -0.15) is 0 Å². The van der Waals surface area contributed by atoms with Gasteiger partial charge in [0, 0.05) is 88.7 Å². The summed E-state index contributed by atoms with van der Waals surface area (Å²) in [7, 11) is 2.72. The highest BCUT2D eigenvalue weighted by atomic mass is 19.1. The summed E-state index contributed by atoms with van der Waals surface area (Å²) in [6, 6.07) is 10.4. The largest absolute Gasteiger partial charge is 0.453 e. The Labute approximate surface area is 221 Å². The number of amides is 2. The van der Waals surface area contributed by atoms with E-state index in [2.05, 4.69) is 15.1 Å². The molecular formula is C27H35F2N5O4.